The zero-order valence-electron chi connectivity index (χ0n) is 12.7. The lowest BCUT2D eigenvalue weighted by Crippen LogP contribution is -2.57. The van der Waals surface area contributed by atoms with E-state index in [0.29, 0.717) is 6.04 Å². The van der Waals surface area contributed by atoms with Crippen molar-refractivity contribution in [1.29, 1.82) is 0 Å². The van der Waals surface area contributed by atoms with Crippen LogP contribution in [0.15, 0.2) is 0 Å². The summed E-state index contributed by atoms with van der Waals surface area (Å²) in [5, 5.41) is 13.5. The molecule has 1 saturated heterocycles. The van der Waals surface area contributed by atoms with Gasteiger partial charge in [-0.05, 0) is 38.5 Å². The van der Waals surface area contributed by atoms with Crippen LogP contribution < -0.4 is 5.32 Å². The molecule has 1 saturated carbocycles. The Kier molecular flexibility index (Phi) is 5.27. The fraction of sp³-hybridized carbons (Fsp3) is 1.00. The van der Waals surface area contributed by atoms with Crippen LogP contribution in [0.5, 0.6) is 0 Å². The fourth-order valence-electron chi connectivity index (χ4n) is 3.85. The molecule has 0 aromatic carbocycles. The first kappa shape index (κ1) is 15.3. The van der Waals surface area contributed by atoms with Crippen LogP contribution in [0.3, 0.4) is 0 Å². The van der Waals surface area contributed by atoms with Gasteiger partial charge in [0.1, 0.15) is 0 Å². The third kappa shape index (κ3) is 3.50. The van der Waals surface area contributed by atoms with Gasteiger partial charge in [0.05, 0.1) is 12.2 Å². The van der Waals surface area contributed by atoms with Gasteiger partial charge in [-0.15, -0.1) is 0 Å². The molecule has 2 aliphatic rings. The highest BCUT2D eigenvalue weighted by molar-refractivity contribution is 4.96. The third-order valence-electron chi connectivity index (χ3n) is 5.42. The first-order chi connectivity index (χ1) is 9.17. The fourth-order valence-corrected chi connectivity index (χ4v) is 3.85. The Balaban J connectivity index is 1.97. The molecule has 1 aliphatic carbocycles. The second kappa shape index (κ2) is 6.55. The number of rotatable bonds is 5. The second-order valence-electron chi connectivity index (χ2n) is 6.57. The molecule has 0 bridgehead atoms. The first-order valence-electron chi connectivity index (χ1n) is 8.20. The number of aliphatic hydroxyl groups is 1. The van der Waals surface area contributed by atoms with Crippen molar-refractivity contribution in [1.82, 2.24) is 5.32 Å². The van der Waals surface area contributed by atoms with E-state index >= 15 is 0 Å². The van der Waals surface area contributed by atoms with Gasteiger partial charge in [0, 0.05) is 18.2 Å². The van der Waals surface area contributed by atoms with Gasteiger partial charge in [0.2, 0.25) is 0 Å². The van der Waals surface area contributed by atoms with Crippen LogP contribution >= 0.6 is 0 Å². The molecular formula is C16H31NO2. The maximum Gasteiger partial charge on any atom is 0.0697 e. The summed E-state index contributed by atoms with van der Waals surface area (Å²) in [4.78, 5) is 0. The number of hydrogen-bond acceptors (Lipinski definition) is 3. The quantitative estimate of drug-likeness (QED) is 0.806. The molecule has 1 unspecified atom stereocenters. The molecule has 0 radical (unpaired) electrons. The van der Waals surface area contributed by atoms with E-state index in [4.69, 9.17) is 4.74 Å². The summed E-state index contributed by atoms with van der Waals surface area (Å²) in [6.45, 7) is 5.46. The average molecular weight is 269 g/mol. The molecule has 2 rings (SSSR count). The van der Waals surface area contributed by atoms with Gasteiger partial charge in [0.15, 0.2) is 0 Å². The minimum Gasteiger partial charge on any atom is -0.394 e. The smallest absolute Gasteiger partial charge is 0.0697 e. The van der Waals surface area contributed by atoms with Crippen molar-refractivity contribution in [2.24, 2.45) is 0 Å². The molecule has 1 heterocycles. The number of hydrogen-bond donors (Lipinski definition) is 2. The van der Waals surface area contributed by atoms with Crippen LogP contribution in [0, 0.1) is 0 Å². The van der Waals surface area contributed by atoms with Crippen LogP contribution in [-0.2, 0) is 4.74 Å². The molecular weight excluding hydrogens is 238 g/mol. The Bertz CT molecular complexity index is 256. The Labute approximate surface area is 118 Å². The van der Waals surface area contributed by atoms with Crippen molar-refractivity contribution in [3.63, 3.8) is 0 Å². The van der Waals surface area contributed by atoms with Gasteiger partial charge in [0.25, 0.3) is 0 Å². The number of ether oxygens (including phenoxy) is 1. The monoisotopic (exact) mass is 269 g/mol. The van der Waals surface area contributed by atoms with Crippen molar-refractivity contribution in [2.45, 2.75) is 88.8 Å². The molecule has 0 amide bonds. The summed E-state index contributed by atoms with van der Waals surface area (Å²) >= 11 is 0. The standard InChI is InChI=1S/C16H31NO2/c1-3-15(4-2,13-18)17-14-8-11-19-16(12-14)9-6-5-7-10-16/h14,17-18H,3-13H2,1-2H3. The Hall–Kier alpha value is -0.120. The van der Waals surface area contributed by atoms with Gasteiger partial charge in [-0.2, -0.15) is 0 Å². The molecule has 0 aromatic heterocycles. The third-order valence-corrected chi connectivity index (χ3v) is 5.42. The van der Waals surface area contributed by atoms with E-state index in [9.17, 15) is 5.11 Å². The molecule has 1 atom stereocenters. The maximum atomic E-state index is 9.72. The van der Waals surface area contributed by atoms with E-state index in [2.05, 4.69) is 19.2 Å². The average Bonchev–Trinajstić information content (AvgIpc) is 2.46. The zero-order valence-corrected chi connectivity index (χ0v) is 12.7. The van der Waals surface area contributed by atoms with Crippen molar-refractivity contribution in [3.05, 3.63) is 0 Å². The van der Waals surface area contributed by atoms with E-state index in [1.807, 2.05) is 0 Å². The van der Waals surface area contributed by atoms with E-state index in [1.54, 1.807) is 0 Å². The second-order valence-corrected chi connectivity index (χ2v) is 6.57. The van der Waals surface area contributed by atoms with Gasteiger partial charge in [-0.3, -0.25) is 0 Å². The van der Waals surface area contributed by atoms with Crippen molar-refractivity contribution < 1.29 is 9.84 Å². The maximum absolute atomic E-state index is 9.72. The summed E-state index contributed by atoms with van der Waals surface area (Å²) in [6.07, 6.45) is 10.7. The van der Waals surface area contributed by atoms with Gasteiger partial charge in [-0.25, -0.2) is 0 Å². The summed E-state index contributed by atoms with van der Waals surface area (Å²) in [6, 6.07) is 0.513. The predicted molar refractivity (Wildman–Crippen MR) is 78.3 cm³/mol. The lowest BCUT2D eigenvalue weighted by molar-refractivity contribution is -0.112. The summed E-state index contributed by atoms with van der Waals surface area (Å²) in [7, 11) is 0. The molecule has 1 spiro atoms. The van der Waals surface area contributed by atoms with Crippen molar-refractivity contribution in [2.75, 3.05) is 13.2 Å². The lowest BCUT2D eigenvalue weighted by Gasteiger charge is -2.46. The van der Waals surface area contributed by atoms with E-state index in [0.717, 1.165) is 32.3 Å². The number of aliphatic hydroxyl groups excluding tert-OH is 1. The minimum absolute atomic E-state index is 0.0855. The van der Waals surface area contributed by atoms with Gasteiger partial charge in [-0.1, -0.05) is 33.1 Å². The van der Waals surface area contributed by atoms with Crippen LogP contribution in [0.1, 0.15) is 71.6 Å². The largest absolute Gasteiger partial charge is 0.394 e. The highest BCUT2D eigenvalue weighted by atomic mass is 16.5. The van der Waals surface area contributed by atoms with Crippen molar-refractivity contribution >= 4 is 0 Å². The summed E-state index contributed by atoms with van der Waals surface area (Å²) in [5.41, 5.74) is 0.0642. The SMILES string of the molecule is CCC(CC)(CO)NC1CCOC2(CCCCC2)C1. The topological polar surface area (TPSA) is 41.5 Å². The predicted octanol–water partition coefficient (Wildman–Crippen LogP) is 3.01. The van der Waals surface area contributed by atoms with Crippen LogP contribution in [0.2, 0.25) is 0 Å². The van der Waals surface area contributed by atoms with E-state index in [-0.39, 0.29) is 17.7 Å². The highest BCUT2D eigenvalue weighted by Crippen LogP contribution is 2.39. The molecule has 112 valence electrons. The zero-order chi connectivity index (χ0) is 13.8. The van der Waals surface area contributed by atoms with Gasteiger partial charge >= 0.3 is 0 Å². The lowest BCUT2D eigenvalue weighted by atomic mass is 9.77. The Morgan fingerprint density at radius 3 is 2.47 bits per heavy atom. The molecule has 2 N–H and O–H groups in total. The molecule has 2 fully saturated rings. The highest BCUT2D eigenvalue weighted by Gasteiger charge is 2.40. The molecule has 1 aliphatic heterocycles. The normalized spacial score (nSPS) is 27.6. The van der Waals surface area contributed by atoms with Gasteiger partial charge < -0.3 is 15.2 Å². The van der Waals surface area contributed by atoms with Crippen LogP contribution in [0.25, 0.3) is 0 Å². The van der Waals surface area contributed by atoms with E-state index in [1.165, 1.54) is 32.1 Å². The first-order valence-corrected chi connectivity index (χ1v) is 8.20. The molecule has 19 heavy (non-hydrogen) atoms. The minimum atomic E-state index is -0.0855. The van der Waals surface area contributed by atoms with Crippen LogP contribution in [-0.4, -0.2) is 35.5 Å². The van der Waals surface area contributed by atoms with Crippen molar-refractivity contribution in [3.8, 4) is 0 Å². The van der Waals surface area contributed by atoms with E-state index < -0.39 is 0 Å². The Morgan fingerprint density at radius 1 is 1.21 bits per heavy atom. The summed E-state index contributed by atoms with van der Waals surface area (Å²) < 4.78 is 6.15. The molecule has 0 aromatic rings. The van der Waals surface area contributed by atoms with Crippen LogP contribution in [0.4, 0.5) is 0 Å². The number of nitrogens with one attached hydrogen (secondary N) is 1. The molecule has 3 heteroatoms. The molecule has 3 nitrogen and oxygen atoms in total. The Morgan fingerprint density at radius 2 is 1.89 bits per heavy atom. The summed E-state index contributed by atoms with van der Waals surface area (Å²) in [5.74, 6) is 0.